The molecular weight excluding hydrogens is 278 g/mol. The Labute approximate surface area is 131 Å². The highest BCUT2D eigenvalue weighted by atomic mass is 16.6. The van der Waals surface area contributed by atoms with E-state index in [0.717, 1.165) is 17.6 Å². The van der Waals surface area contributed by atoms with Crippen LogP contribution in [0.25, 0.3) is 5.57 Å². The minimum Gasteiger partial charge on any atom is -0.459 e. The molecule has 0 fully saturated rings. The summed E-state index contributed by atoms with van der Waals surface area (Å²) in [6.45, 7) is 7.80. The summed E-state index contributed by atoms with van der Waals surface area (Å²) >= 11 is 0. The molecular formula is C18H23NO3. The molecule has 0 saturated carbocycles. The van der Waals surface area contributed by atoms with Crippen molar-refractivity contribution in [1.29, 1.82) is 0 Å². The second-order valence-electron chi connectivity index (χ2n) is 6.51. The molecule has 0 spiro atoms. The molecule has 1 aromatic carbocycles. The summed E-state index contributed by atoms with van der Waals surface area (Å²) in [6, 6.07) is 7.05. The molecule has 0 bridgehead atoms. The molecule has 0 saturated heterocycles. The lowest BCUT2D eigenvalue weighted by atomic mass is 9.92. The smallest absolute Gasteiger partial charge is 0.327 e. The van der Waals surface area contributed by atoms with Gasteiger partial charge in [0.2, 0.25) is 0 Å². The maximum Gasteiger partial charge on any atom is 0.327 e. The van der Waals surface area contributed by atoms with E-state index >= 15 is 0 Å². The van der Waals surface area contributed by atoms with Crippen molar-refractivity contribution >= 4 is 17.3 Å². The number of carbonyl (C=O) groups excluding carboxylic acids is 2. The summed E-state index contributed by atoms with van der Waals surface area (Å²) in [4.78, 5) is 24.0. The maximum absolute atomic E-state index is 12.2. The SMILES string of the molecule is CC(=O)c1ccccc1C1=CC(C(=O)OC(C)(C)C)NCC1. The third kappa shape index (κ3) is 4.04. The first-order valence-electron chi connectivity index (χ1n) is 7.55. The van der Waals surface area contributed by atoms with E-state index in [9.17, 15) is 9.59 Å². The van der Waals surface area contributed by atoms with Crippen LogP contribution in [0.3, 0.4) is 0 Å². The van der Waals surface area contributed by atoms with Gasteiger partial charge in [0.1, 0.15) is 11.6 Å². The summed E-state index contributed by atoms with van der Waals surface area (Å²) in [7, 11) is 0. The zero-order valence-electron chi connectivity index (χ0n) is 13.6. The number of benzene rings is 1. The predicted molar refractivity (Wildman–Crippen MR) is 86.7 cm³/mol. The number of carbonyl (C=O) groups is 2. The van der Waals surface area contributed by atoms with E-state index in [-0.39, 0.29) is 11.8 Å². The Kier molecular flexibility index (Phi) is 4.81. The Hall–Kier alpha value is -1.94. The average Bonchev–Trinajstić information content (AvgIpc) is 2.45. The van der Waals surface area contributed by atoms with Crippen molar-refractivity contribution < 1.29 is 14.3 Å². The van der Waals surface area contributed by atoms with E-state index in [1.54, 1.807) is 6.92 Å². The van der Waals surface area contributed by atoms with Crippen LogP contribution < -0.4 is 5.32 Å². The lowest BCUT2D eigenvalue weighted by Gasteiger charge is -2.26. The number of hydrogen-bond donors (Lipinski definition) is 1. The van der Waals surface area contributed by atoms with Gasteiger partial charge in [-0.3, -0.25) is 4.79 Å². The van der Waals surface area contributed by atoms with Gasteiger partial charge in [0.15, 0.2) is 5.78 Å². The Morgan fingerprint density at radius 1 is 1.23 bits per heavy atom. The Morgan fingerprint density at radius 2 is 1.91 bits per heavy atom. The van der Waals surface area contributed by atoms with Gasteiger partial charge < -0.3 is 10.1 Å². The van der Waals surface area contributed by atoms with E-state index in [0.29, 0.717) is 12.1 Å². The van der Waals surface area contributed by atoms with E-state index in [4.69, 9.17) is 4.74 Å². The number of ether oxygens (including phenoxy) is 1. The first kappa shape index (κ1) is 16.4. The highest BCUT2D eigenvalue weighted by molar-refractivity contribution is 5.99. The summed E-state index contributed by atoms with van der Waals surface area (Å²) in [6.07, 6.45) is 2.66. The number of hydrogen-bond acceptors (Lipinski definition) is 4. The van der Waals surface area contributed by atoms with Gasteiger partial charge in [-0.15, -0.1) is 0 Å². The summed E-state index contributed by atoms with van der Waals surface area (Å²) < 4.78 is 5.43. The fourth-order valence-electron chi connectivity index (χ4n) is 2.52. The van der Waals surface area contributed by atoms with Gasteiger partial charge in [-0.2, -0.15) is 0 Å². The molecule has 2 rings (SSSR count). The van der Waals surface area contributed by atoms with Gasteiger partial charge in [0.05, 0.1) is 0 Å². The number of ketones is 1. The first-order valence-corrected chi connectivity index (χ1v) is 7.55. The van der Waals surface area contributed by atoms with Crippen molar-refractivity contribution in [3.63, 3.8) is 0 Å². The molecule has 0 aromatic heterocycles. The monoisotopic (exact) mass is 301 g/mol. The van der Waals surface area contributed by atoms with Gasteiger partial charge >= 0.3 is 5.97 Å². The predicted octanol–water partition coefficient (Wildman–Crippen LogP) is 2.98. The van der Waals surface area contributed by atoms with Crippen molar-refractivity contribution in [1.82, 2.24) is 5.32 Å². The van der Waals surface area contributed by atoms with Gasteiger partial charge in [0.25, 0.3) is 0 Å². The topological polar surface area (TPSA) is 55.4 Å². The number of Topliss-reactive ketones (excluding diaryl/α,β-unsaturated/α-hetero) is 1. The van der Waals surface area contributed by atoms with Crippen molar-refractivity contribution in [2.45, 2.75) is 45.8 Å². The van der Waals surface area contributed by atoms with Crippen LogP contribution in [0, 0.1) is 0 Å². The van der Waals surface area contributed by atoms with Crippen LogP contribution in [-0.2, 0) is 9.53 Å². The van der Waals surface area contributed by atoms with Crippen LogP contribution in [0.4, 0.5) is 0 Å². The van der Waals surface area contributed by atoms with Crippen molar-refractivity contribution in [2.24, 2.45) is 0 Å². The Morgan fingerprint density at radius 3 is 2.55 bits per heavy atom. The van der Waals surface area contributed by atoms with E-state index < -0.39 is 11.6 Å². The minimum atomic E-state index is -0.512. The van der Waals surface area contributed by atoms with Crippen LogP contribution >= 0.6 is 0 Å². The fraction of sp³-hybridized carbons (Fsp3) is 0.444. The lowest BCUT2D eigenvalue weighted by molar-refractivity contribution is -0.156. The van der Waals surface area contributed by atoms with Crippen LogP contribution in [0.15, 0.2) is 30.3 Å². The standard InChI is InChI=1S/C18H23NO3/c1-12(20)14-7-5-6-8-15(14)13-9-10-19-16(11-13)17(21)22-18(2,3)4/h5-8,11,16,19H,9-10H2,1-4H3. The number of esters is 1. The molecule has 1 unspecified atom stereocenters. The Balaban J connectivity index is 2.29. The van der Waals surface area contributed by atoms with E-state index in [1.165, 1.54) is 0 Å². The molecule has 1 aliphatic rings. The number of rotatable bonds is 3. The zero-order chi connectivity index (χ0) is 16.3. The first-order chi connectivity index (χ1) is 10.3. The van der Waals surface area contributed by atoms with Gasteiger partial charge in [-0.1, -0.05) is 30.3 Å². The third-order valence-electron chi connectivity index (χ3n) is 3.44. The molecule has 0 radical (unpaired) electrons. The van der Waals surface area contributed by atoms with Crippen LogP contribution in [0.2, 0.25) is 0 Å². The molecule has 0 amide bonds. The highest BCUT2D eigenvalue weighted by Crippen LogP contribution is 2.26. The molecule has 118 valence electrons. The third-order valence-corrected chi connectivity index (χ3v) is 3.44. The van der Waals surface area contributed by atoms with Crippen LogP contribution in [0.5, 0.6) is 0 Å². The summed E-state index contributed by atoms with van der Waals surface area (Å²) in [5.74, 6) is -0.256. The molecule has 1 aromatic rings. The van der Waals surface area contributed by atoms with Gasteiger partial charge in [-0.25, -0.2) is 4.79 Å². The Bertz CT molecular complexity index is 611. The largest absolute Gasteiger partial charge is 0.459 e. The second-order valence-corrected chi connectivity index (χ2v) is 6.51. The summed E-state index contributed by atoms with van der Waals surface area (Å²) in [5.41, 5.74) is 2.10. The maximum atomic E-state index is 12.2. The average molecular weight is 301 g/mol. The van der Waals surface area contributed by atoms with Crippen molar-refractivity contribution in [3.8, 4) is 0 Å². The number of nitrogens with one attached hydrogen (secondary N) is 1. The second kappa shape index (κ2) is 6.44. The molecule has 1 aliphatic heterocycles. The fourth-order valence-corrected chi connectivity index (χ4v) is 2.52. The molecule has 1 N–H and O–H groups in total. The zero-order valence-corrected chi connectivity index (χ0v) is 13.6. The molecule has 1 heterocycles. The molecule has 1 atom stereocenters. The quantitative estimate of drug-likeness (QED) is 0.689. The van der Waals surface area contributed by atoms with Gasteiger partial charge in [0, 0.05) is 12.1 Å². The van der Waals surface area contributed by atoms with Crippen molar-refractivity contribution in [2.75, 3.05) is 6.54 Å². The van der Waals surface area contributed by atoms with E-state index in [2.05, 4.69) is 5.32 Å². The molecule has 0 aliphatic carbocycles. The van der Waals surface area contributed by atoms with E-state index in [1.807, 2.05) is 51.1 Å². The van der Waals surface area contributed by atoms with Crippen LogP contribution in [0.1, 0.15) is 50.0 Å². The van der Waals surface area contributed by atoms with Crippen LogP contribution in [-0.4, -0.2) is 29.9 Å². The lowest BCUT2D eigenvalue weighted by Crippen LogP contribution is -2.42. The van der Waals surface area contributed by atoms with Gasteiger partial charge in [-0.05, 0) is 45.3 Å². The molecule has 4 nitrogen and oxygen atoms in total. The summed E-state index contributed by atoms with van der Waals surface area (Å²) in [5, 5.41) is 3.15. The minimum absolute atomic E-state index is 0.0313. The molecule has 4 heteroatoms. The highest BCUT2D eigenvalue weighted by Gasteiger charge is 2.26. The molecule has 22 heavy (non-hydrogen) atoms. The van der Waals surface area contributed by atoms with Crippen molar-refractivity contribution in [3.05, 3.63) is 41.5 Å². The normalized spacial score (nSPS) is 18.5.